The third-order valence-electron chi connectivity index (χ3n) is 6.93. The molecular formula is C31H42N2O5. The summed E-state index contributed by atoms with van der Waals surface area (Å²) < 4.78 is 5.17. The van der Waals surface area contributed by atoms with Gasteiger partial charge in [0, 0.05) is 25.6 Å². The Morgan fingerprint density at radius 3 is 2.34 bits per heavy atom. The van der Waals surface area contributed by atoms with Gasteiger partial charge in [0.1, 0.15) is 12.1 Å². The van der Waals surface area contributed by atoms with Gasteiger partial charge in [-0.2, -0.15) is 0 Å². The Morgan fingerprint density at radius 1 is 1.00 bits per heavy atom. The summed E-state index contributed by atoms with van der Waals surface area (Å²) in [4.78, 5) is 38.5. The quantitative estimate of drug-likeness (QED) is 0.388. The number of hydrogen-bond donors (Lipinski definition) is 2. The van der Waals surface area contributed by atoms with E-state index in [-0.39, 0.29) is 24.3 Å². The van der Waals surface area contributed by atoms with E-state index in [0.717, 1.165) is 60.8 Å². The van der Waals surface area contributed by atoms with Crippen molar-refractivity contribution < 1.29 is 24.2 Å². The van der Waals surface area contributed by atoms with Crippen molar-refractivity contribution in [3.8, 4) is 11.1 Å². The second-order valence-corrected chi connectivity index (χ2v) is 11.4. The maximum absolute atomic E-state index is 12.7. The van der Waals surface area contributed by atoms with Crippen molar-refractivity contribution in [3.05, 3.63) is 59.7 Å². The fourth-order valence-electron chi connectivity index (χ4n) is 4.79. The molecule has 0 spiro atoms. The number of benzene rings is 2. The van der Waals surface area contributed by atoms with Gasteiger partial charge in [-0.3, -0.25) is 9.59 Å². The molecule has 2 aromatic carbocycles. The summed E-state index contributed by atoms with van der Waals surface area (Å²) in [5, 5.41) is 12.1. The second kappa shape index (κ2) is 13.6. The Hall–Kier alpha value is -3.19. The molecule has 38 heavy (non-hydrogen) atoms. The molecule has 1 aliphatic carbocycles. The molecule has 1 fully saturated rings. The Kier molecular flexibility index (Phi) is 10.5. The van der Waals surface area contributed by atoms with Crippen molar-refractivity contribution in [2.75, 3.05) is 13.6 Å². The van der Waals surface area contributed by atoms with Crippen LogP contribution in [0.1, 0.15) is 81.6 Å². The average molecular weight is 523 g/mol. The van der Waals surface area contributed by atoms with Crippen molar-refractivity contribution in [1.29, 1.82) is 0 Å². The number of alkyl carbamates (subject to hydrolysis) is 1. The van der Waals surface area contributed by atoms with E-state index in [2.05, 4.69) is 5.32 Å². The fourth-order valence-corrected chi connectivity index (χ4v) is 4.79. The van der Waals surface area contributed by atoms with Gasteiger partial charge in [0.15, 0.2) is 5.78 Å². The smallest absolute Gasteiger partial charge is 0.408 e. The van der Waals surface area contributed by atoms with E-state index in [1.54, 1.807) is 32.7 Å². The highest BCUT2D eigenvalue weighted by molar-refractivity contribution is 5.96. The van der Waals surface area contributed by atoms with Crippen LogP contribution < -0.4 is 5.32 Å². The third kappa shape index (κ3) is 9.60. The molecular weight excluding hydrogens is 480 g/mol. The van der Waals surface area contributed by atoms with E-state index in [0.29, 0.717) is 18.9 Å². The molecule has 0 radical (unpaired) electrons. The Labute approximate surface area is 226 Å². The van der Waals surface area contributed by atoms with Crippen LogP contribution in [-0.4, -0.2) is 53.1 Å². The van der Waals surface area contributed by atoms with Gasteiger partial charge < -0.3 is 20.1 Å². The Balaban J connectivity index is 1.49. The molecule has 206 valence electrons. The molecule has 1 aliphatic rings. The summed E-state index contributed by atoms with van der Waals surface area (Å²) in [5.74, 6) is 0.586. The van der Waals surface area contributed by atoms with Crippen LogP contribution in [0.25, 0.3) is 11.1 Å². The number of hydrogen-bond acceptors (Lipinski definition) is 5. The monoisotopic (exact) mass is 522 g/mol. The first kappa shape index (κ1) is 29.4. The molecule has 2 N–H and O–H groups in total. The van der Waals surface area contributed by atoms with Crippen LogP contribution in [0.3, 0.4) is 0 Å². The lowest BCUT2D eigenvalue weighted by molar-refractivity contribution is -0.129. The first-order valence-electron chi connectivity index (χ1n) is 13.6. The highest BCUT2D eigenvalue weighted by atomic mass is 16.6. The van der Waals surface area contributed by atoms with E-state index >= 15 is 0 Å². The molecule has 7 nitrogen and oxygen atoms in total. The zero-order valence-corrected chi connectivity index (χ0v) is 23.2. The molecule has 7 heteroatoms. The van der Waals surface area contributed by atoms with Crippen LogP contribution in [0.5, 0.6) is 0 Å². The van der Waals surface area contributed by atoms with Crippen LogP contribution in [0, 0.1) is 5.92 Å². The number of nitrogens with one attached hydrogen (secondary N) is 1. The number of carbonyl (C=O) groups is 3. The molecule has 0 bridgehead atoms. The number of ether oxygens (including phenoxy) is 1. The molecule has 0 atom stereocenters. The van der Waals surface area contributed by atoms with Crippen molar-refractivity contribution in [2.24, 2.45) is 5.92 Å². The van der Waals surface area contributed by atoms with Gasteiger partial charge >= 0.3 is 6.09 Å². The van der Waals surface area contributed by atoms with E-state index in [1.165, 1.54) is 0 Å². The van der Waals surface area contributed by atoms with Gasteiger partial charge in [0.05, 0.1) is 6.10 Å². The highest BCUT2D eigenvalue weighted by Gasteiger charge is 2.20. The molecule has 0 heterocycles. The summed E-state index contributed by atoms with van der Waals surface area (Å²) in [7, 11) is 1.70. The molecule has 0 saturated heterocycles. The Morgan fingerprint density at radius 2 is 1.68 bits per heavy atom. The van der Waals surface area contributed by atoms with Gasteiger partial charge in [0.25, 0.3) is 0 Å². The third-order valence-corrected chi connectivity index (χ3v) is 6.93. The standard InChI is InChI=1S/C31H42N2O5/c1-31(2,3)38-30(37)32-20-29(36)33(4)21-23-8-5-9-26(19-23)24-13-15-25(16-14-24)28(35)10-6-7-22-11-17-27(34)18-12-22/h5,8-9,13-16,19,22,27,34H,6-7,10-12,17-18,20-21H2,1-4H3,(H,32,37). The largest absolute Gasteiger partial charge is 0.444 e. The fraction of sp³-hybridized carbons (Fsp3) is 0.516. The lowest BCUT2D eigenvalue weighted by Gasteiger charge is -2.25. The average Bonchev–Trinajstić information content (AvgIpc) is 2.87. The van der Waals surface area contributed by atoms with Crippen LogP contribution in [0.4, 0.5) is 4.79 Å². The normalized spacial score (nSPS) is 17.5. The molecule has 0 aliphatic heterocycles. The molecule has 0 aromatic heterocycles. The first-order valence-corrected chi connectivity index (χ1v) is 13.6. The van der Waals surface area contributed by atoms with Crippen molar-refractivity contribution in [1.82, 2.24) is 10.2 Å². The summed E-state index contributed by atoms with van der Waals surface area (Å²) in [6.45, 7) is 5.58. The molecule has 2 aromatic rings. The predicted molar refractivity (Wildman–Crippen MR) is 149 cm³/mol. The zero-order valence-electron chi connectivity index (χ0n) is 23.2. The van der Waals surface area contributed by atoms with Crippen molar-refractivity contribution >= 4 is 17.8 Å². The minimum atomic E-state index is -0.620. The van der Waals surface area contributed by atoms with E-state index in [4.69, 9.17) is 4.74 Å². The second-order valence-electron chi connectivity index (χ2n) is 11.4. The number of ketones is 1. The van der Waals surface area contributed by atoms with Crippen LogP contribution in [0.15, 0.2) is 48.5 Å². The zero-order chi connectivity index (χ0) is 27.7. The van der Waals surface area contributed by atoms with Gasteiger partial charge in [-0.1, -0.05) is 48.9 Å². The lowest BCUT2D eigenvalue weighted by atomic mass is 9.84. The topological polar surface area (TPSA) is 95.9 Å². The van der Waals surface area contributed by atoms with Crippen LogP contribution >= 0.6 is 0 Å². The maximum atomic E-state index is 12.7. The lowest BCUT2D eigenvalue weighted by Crippen LogP contribution is -2.40. The number of nitrogens with zero attached hydrogens (tertiary/aromatic N) is 1. The van der Waals surface area contributed by atoms with E-state index < -0.39 is 11.7 Å². The van der Waals surface area contributed by atoms with Crippen molar-refractivity contribution in [2.45, 2.75) is 84.0 Å². The summed E-state index contributed by atoms with van der Waals surface area (Å²) in [6, 6.07) is 15.7. The van der Waals surface area contributed by atoms with Crippen LogP contribution in [-0.2, 0) is 16.1 Å². The number of aliphatic hydroxyl groups excluding tert-OH is 1. The minimum absolute atomic E-state index is 0.135. The number of carbonyl (C=O) groups excluding carboxylic acids is 3. The summed E-state index contributed by atoms with van der Waals surface area (Å²) >= 11 is 0. The van der Waals surface area contributed by atoms with Gasteiger partial charge in [-0.25, -0.2) is 4.79 Å². The van der Waals surface area contributed by atoms with Gasteiger partial charge in [-0.05, 0) is 81.5 Å². The van der Waals surface area contributed by atoms with E-state index in [9.17, 15) is 19.5 Å². The SMILES string of the molecule is CN(Cc1cccc(-c2ccc(C(=O)CCCC3CCC(O)CC3)cc2)c1)C(=O)CNC(=O)OC(C)(C)C. The molecule has 2 amide bonds. The van der Waals surface area contributed by atoms with E-state index in [1.807, 2.05) is 48.5 Å². The molecule has 3 rings (SSSR count). The number of Topliss-reactive ketones (excluding diaryl/α,β-unsaturated/α-hetero) is 1. The number of likely N-dealkylation sites (N-methyl/N-ethyl adjacent to an activating group) is 1. The molecule has 1 saturated carbocycles. The summed E-state index contributed by atoms with van der Waals surface area (Å²) in [5.41, 5.74) is 3.09. The first-order chi connectivity index (χ1) is 18.0. The van der Waals surface area contributed by atoms with Crippen molar-refractivity contribution in [3.63, 3.8) is 0 Å². The maximum Gasteiger partial charge on any atom is 0.408 e. The number of amides is 2. The minimum Gasteiger partial charge on any atom is -0.444 e. The number of rotatable bonds is 10. The van der Waals surface area contributed by atoms with Gasteiger partial charge in [-0.15, -0.1) is 0 Å². The van der Waals surface area contributed by atoms with Crippen LogP contribution in [0.2, 0.25) is 0 Å². The summed E-state index contributed by atoms with van der Waals surface area (Å²) in [6.07, 6.45) is 5.65. The Bertz CT molecular complexity index is 1080. The van der Waals surface area contributed by atoms with Gasteiger partial charge in [0.2, 0.25) is 5.91 Å². The molecule has 0 unspecified atom stereocenters. The number of aliphatic hydroxyl groups is 1. The predicted octanol–water partition coefficient (Wildman–Crippen LogP) is 5.74. The highest BCUT2D eigenvalue weighted by Crippen LogP contribution is 2.28.